The third-order valence-corrected chi connectivity index (χ3v) is 5.96. The molecule has 1 saturated carbocycles. The van der Waals surface area contributed by atoms with Crippen LogP contribution < -0.4 is 15.4 Å². The Morgan fingerprint density at radius 2 is 1.97 bits per heavy atom. The Morgan fingerprint density at radius 1 is 1.21 bits per heavy atom. The predicted octanol–water partition coefficient (Wildman–Crippen LogP) is 2.63. The Hall–Kier alpha value is -2.46. The monoisotopic (exact) mass is 464 g/mol. The molecule has 0 spiro atoms. The number of carbonyl (C=O) groups excluding carboxylic acids is 1. The van der Waals surface area contributed by atoms with Crippen LogP contribution in [-0.2, 0) is 14.3 Å². The Balaban J connectivity index is 1.47. The summed E-state index contributed by atoms with van der Waals surface area (Å²) in [4.78, 5) is 23.0. The topological polar surface area (TPSA) is 132 Å². The van der Waals surface area contributed by atoms with E-state index in [4.69, 9.17) is 19.3 Å². The number of alkyl carbamates (subject to hydrolysis) is 1. The number of carboxylic acid groups (broad SMARTS) is 1. The number of ether oxygens (including phenoxy) is 3. The van der Waals surface area contributed by atoms with Gasteiger partial charge in [0.25, 0.3) is 0 Å². The molecule has 10 heteroatoms. The lowest BCUT2D eigenvalue weighted by molar-refractivity contribution is -0.139. The van der Waals surface area contributed by atoms with Gasteiger partial charge in [-0.15, -0.1) is 5.10 Å². The number of nitrogens with one attached hydrogen (secondary N) is 2. The van der Waals surface area contributed by atoms with Crippen molar-refractivity contribution < 1.29 is 28.9 Å². The fraction of sp³-hybridized carbons (Fsp3) is 0.739. The molecule has 2 atom stereocenters. The fourth-order valence-electron chi connectivity index (χ4n) is 4.42. The van der Waals surface area contributed by atoms with Crippen molar-refractivity contribution in [3.63, 3.8) is 0 Å². The molecule has 1 amide bonds. The molecule has 1 aliphatic heterocycles. The van der Waals surface area contributed by atoms with E-state index in [1.807, 2.05) is 26.8 Å². The second-order valence-corrected chi connectivity index (χ2v) is 9.74. The molecule has 184 valence electrons. The number of hydrogen-bond donors (Lipinski definition) is 3. The van der Waals surface area contributed by atoms with Gasteiger partial charge in [0.1, 0.15) is 5.60 Å². The second-order valence-electron chi connectivity index (χ2n) is 9.74. The molecule has 1 saturated heterocycles. The molecule has 10 nitrogen and oxygen atoms in total. The smallest absolute Gasteiger partial charge is 0.407 e. The first-order valence-electron chi connectivity index (χ1n) is 11.7. The molecule has 3 rings (SSSR count). The summed E-state index contributed by atoms with van der Waals surface area (Å²) in [6.45, 7) is 6.56. The van der Waals surface area contributed by atoms with Gasteiger partial charge < -0.3 is 30.0 Å². The maximum absolute atomic E-state index is 12.2. The van der Waals surface area contributed by atoms with E-state index in [1.165, 1.54) is 0 Å². The summed E-state index contributed by atoms with van der Waals surface area (Å²) >= 11 is 0. The van der Waals surface area contributed by atoms with E-state index in [-0.39, 0.29) is 24.1 Å². The van der Waals surface area contributed by atoms with Gasteiger partial charge >= 0.3 is 12.1 Å². The average molecular weight is 465 g/mol. The number of rotatable bonds is 8. The summed E-state index contributed by atoms with van der Waals surface area (Å²) in [7, 11) is 0. The third kappa shape index (κ3) is 8.12. The molecular weight excluding hydrogens is 428 g/mol. The van der Waals surface area contributed by atoms with Crippen LogP contribution in [0.5, 0.6) is 5.88 Å². The number of amides is 1. The quantitative estimate of drug-likeness (QED) is 0.531. The van der Waals surface area contributed by atoms with Crippen molar-refractivity contribution in [1.82, 2.24) is 20.8 Å². The summed E-state index contributed by atoms with van der Waals surface area (Å²) < 4.78 is 17.0. The van der Waals surface area contributed by atoms with E-state index >= 15 is 0 Å². The summed E-state index contributed by atoms with van der Waals surface area (Å²) in [5.41, 5.74) is 0.375. The zero-order valence-electron chi connectivity index (χ0n) is 19.7. The Bertz CT molecular complexity index is 791. The van der Waals surface area contributed by atoms with Crippen LogP contribution in [0.3, 0.4) is 0 Å². The summed E-state index contributed by atoms with van der Waals surface area (Å²) in [6, 6.07) is 1.88. The van der Waals surface area contributed by atoms with Crippen LogP contribution in [0.2, 0.25) is 0 Å². The van der Waals surface area contributed by atoms with E-state index in [9.17, 15) is 9.59 Å². The normalized spacial score (nSPS) is 25.8. The van der Waals surface area contributed by atoms with E-state index in [2.05, 4.69) is 20.8 Å². The minimum Gasteiger partial charge on any atom is -0.479 e. The van der Waals surface area contributed by atoms with Crippen molar-refractivity contribution in [1.29, 1.82) is 0 Å². The second kappa shape index (κ2) is 11.6. The number of nitrogens with zero attached hydrogens (tertiary/aromatic N) is 2. The fourth-order valence-corrected chi connectivity index (χ4v) is 4.42. The number of aromatic nitrogens is 2. The highest BCUT2D eigenvalue weighted by atomic mass is 16.6. The van der Waals surface area contributed by atoms with Gasteiger partial charge in [-0.05, 0) is 77.8 Å². The van der Waals surface area contributed by atoms with Crippen molar-refractivity contribution in [2.75, 3.05) is 19.8 Å². The van der Waals surface area contributed by atoms with Gasteiger partial charge in [-0.3, -0.25) is 0 Å². The molecule has 0 aromatic carbocycles. The van der Waals surface area contributed by atoms with E-state index in [1.54, 1.807) is 6.20 Å². The summed E-state index contributed by atoms with van der Waals surface area (Å²) in [5, 5.41) is 23.1. The Kier molecular flexibility index (Phi) is 8.85. The van der Waals surface area contributed by atoms with Gasteiger partial charge in [0, 0.05) is 11.6 Å². The number of hydrogen-bond acceptors (Lipinski definition) is 8. The largest absolute Gasteiger partial charge is 0.479 e. The van der Waals surface area contributed by atoms with Crippen LogP contribution in [0.25, 0.3) is 0 Å². The SMILES string of the molecule is CC(C)(C)OC(=O)N[C@H]1CCCN[C@H]1COC1CCC(c2ccnnc2OCC(=O)O)CC1. The van der Waals surface area contributed by atoms with Gasteiger partial charge in [-0.25, -0.2) is 9.59 Å². The zero-order valence-corrected chi connectivity index (χ0v) is 19.7. The van der Waals surface area contributed by atoms with Gasteiger partial charge in [0.15, 0.2) is 6.61 Å². The Morgan fingerprint density at radius 3 is 2.67 bits per heavy atom. The van der Waals surface area contributed by atoms with Crippen molar-refractivity contribution in [3.05, 3.63) is 17.8 Å². The van der Waals surface area contributed by atoms with Crippen LogP contribution in [0, 0.1) is 0 Å². The maximum Gasteiger partial charge on any atom is 0.407 e. The lowest BCUT2D eigenvalue weighted by Crippen LogP contribution is -2.56. The van der Waals surface area contributed by atoms with E-state index in [0.29, 0.717) is 12.5 Å². The summed E-state index contributed by atoms with van der Waals surface area (Å²) in [5.74, 6) is -0.509. The lowest BCUT2D eigenvalue weighted by Gasteiger charge is -2.35. The number of carbonyl (C=O) groups is 2. The molecule has 0 radical (unpaired) electrons. The van der Waals surface area contributed by atoms with Gasteiger partial charge in [-0.1, -0.05) is 0 Å². The standard InChI is InChI=1S/C23H36N4O6/c1-23(2,3)33-22(30)26-18-5-4-11-24-19(18)13-31-16-8-6-15(7-9-16)17-10-12-25-27-21(17)32-14-20(28)29/h10,12,15-16,18-19,24H,4-9,11,13-14H2,1-3H3,(H,26,30)(H,28,29)/t15?,16?,18-,19-/m0/s1. The molecule has 2 fully saturated rings. The van der Waals surface area contributed by atoms with E-state index < -0.39 is 24.3 Å². The minimum atomic E-state index is -1.04. The number of aliphatic carboxylic acids is 1. The molecule has 1 aliphatic carbocycles. The van der Waals surface area contributed by atoms with Crippen molar-refractivity contribution >= 4 is 12.1 Å². The van der Waals surface area contributed by atoms with Crippen molar-refractivity contribution in [2.45, 2.75) is 89.0 Å². The lowest BCUT2D eigenvalue weighted by atomic mass is 9.83. The first-order valence-corrected chi connectivity index (χ1v) is 11.7. The highest BCUT2D eigenvalue weighted by Crippen LogP contribution is 2.37. The molecular formula is C23H36N4O6. The zero-order chi connectivity index (χ0) is 23.8. The average Bonchev–Trinajstić information content (AvgIpc) is 2.76. The number of piperidine rings is 1. The van der Waals surface area contributed by atoms with Crippen molar-refractivity contribution in [2.24, 2.45) is 0 Å². The highest BCUT2D eigenvalue weighted by molar-refractivity contribution is 5.68. The molecule has 0 bridgehead atoms. The molecule has 1 aromatic heterocycles. The molecule has 2 aliphatic rings. The predicted molar refractivity (Wildman–Crippen MR) is 120 cm³/mol. The Labute approximate surface area is 194 Å². The van der Waals surface area contributed by atoms with Gasteiger partial charge in [-0.2, -0.15) is 5.10 Å². The van der Waals surface area contributed by atoms with Crippen LogP contribution in [0.1, 0.15) is 70.8 Å². The van der Waals surface area contributed by atoms with Crippen molar-refractivity contribution in [3.8, 4) is 5.88 Å². The summed E-state index contributed by atoms with van der Waals surface area (Å²) in [6.07, 6.45) is 6.83. The van der Waals surface area contributed by atoms with E-state index in [0.717, 1.165) is 50.6 Å². The highest BCUT2D eigenvalue weighted by Gasteiger charge is 2.31. The van der Waals surface area contributed by atoms with Gasteiger partial charge in [0.05, 0.1) is 24.9 Å². The van der Waals surface area contributed by atoms with Crippen LogP contribution >= 0.6 is 0 Å². The first-order chi connectivity index (χ1) is 15.7. The van der Waals surface area contributed by atoms with Gasteiger partial charge in [0.2, 0.25) is 5.88 Å². The molecule has 3 N–H and O–H groups in total. The maximum atomic E-state index is 12.2. The first kappa shape index (κ1) is 25.2. The van der Waals surface area contributed by atoms with Crippen LogP contribution in [0.15, 0.2) is 12.3 Å². The van der Waals surface area contributed by atoms with Crippen LogP contribution in [0.4, 0.5) is 4.79 Å². The molecule has 33 heavy (non-hydrogen) atoms. The third-order valence-electron chi connectivity index (χ3n) is 5.96. The molecule has 0 unspecified atom stereocenters. The minimum absolute atomic E-state index is 0.0261. The van der Waals surface area contributed by atoms with Crippen LogP contribution in [-0.4, -0.2) is 70.9 Å². The number of carboxylic acids is 1. The molecule has 1 aromatic rings. The molecule has 2 heterocycles.